The van der Waals surface area contributed by atoms with Gasteiger partial charge in [-0.1, -0.05) is 12.1 Å². The van der Waals surface area contributed by atoms with Crippen molar-refractivity contribution in [1.82, 2.24) is 24.9 Å². The van der Waals surface area contributed by atoms with Crippen LogP contribution in [0.15, 0.2) is 48.9 Å². The first-order chi connectivity index (χ1) is 17.7. The molecule has 4 aromatic rings. The lowest BCUT2D eigenvalue weighted by Gasteiger charge is -2.15. The van der Waals surface area contributed by atoms with Gasteiger partial charge in [-0.3, -0.25) is 4.79 Å². The van der Waals surface area contributed by atoms with E-state index in [0.717, 1.165) is 35.3 Å². The largest absolute Gasteiger partial charge is 0.508 e. The number of nitrogens with zero attached hydrogens (tertiary/aromatic N) is 4. The maximum absolute atomic E-state index is 13.7. The van der Waals surface area contributed by atoms with Crippen LogP contribution in [0, 0.1) is 0 Å². The summed E-state index contributed by atoms with van der Waals surface area (Å²) in [6.07, 6.45) is -0.0870. The van der Waals surface area contributed by atoms with E-state index < -0.39 is 17.6 Å². The topological polar surface area (TPSA) is 128 Å². The fourth-order valence-corrected chi connectivity index (χ4v) is 4.86. The average Bonchev–Trinajstić information content (AvgIpc) is 3.49. The molecular weight excluding hydrogens is 489 g/mol. The minimum atomic E-state index is -4.70. The van der Waals surface area contributed by atoms with Crippen LogP contribution in [0.25, 0.3) is 16.8 Å². The van der Waals surface area contributed by atoms with Crippen molar-refractivity contribution >= 4 is 17.2 Å². The number of halogens is 3. The number of aromatic hydroxyl groups is 1. The number of phenols is 1. The summed E-state index contributed by atoms with van der Waals surface area (Å²) < 4.78 is 47.5. The summed E-state index contributed by atoms with van der Waals surface area (Å²) in [7, 11) is 1.36. The van der Waals surface area contributed by atoms with Gasteiger partial charge in [0.1, 0.15) is 23.2 Å². The number of alkyl halides is 3. The van der Waals surface area contributed by atoms with Crippen LogP contribution in [-0.2, 0) is 6.18 Å². The molecular formula is C25H23F3N6O3. The third kappa shape index (κ3) is 4.61. The lowest BCUT2D eigenvalue weighted by atomic mass is 9.97. The normalized spacial score (nSPS) is 17.7. The molecule has 1 amide bonds. The van der Waals surface area contributed by atoms with E-state index in [2.05, 4.69) is 20.4 Å². The Balaban J connectivity index is 1.45. The number of benzene rings is 1. The van der Waals surface area contributed by atoms with Gasteiger partial charge < -0.3 is 20.9 Å². The third-order valence-electron chi connectivity index (χ3n) is 6.58. The van der Waals surface area contributed by atoms with Crippen molar-refractivity contribution in [3.05, 3.63) is 65.6 Å². The number of nitrogens with two attached hydrogens (primary N) is 1. The minimum Gasteiger partial charge on any atom is -0.508 e. The molecule has 2 unspecified atom stereocenters. The van der Waals surface area contributed by atoms with Gasteiger partial charge in [-0.05, 0) is 55.0 Å². The van der Waals surface area contributed by atoms with Crippen molar-refractivity contribution in [3.8, 4) is 22.9 Å². The smallest absolute Gasteiger partial charge is 0.418 e. The number of methoxy groups -OCH3 is 1. The monoisotopic (exact) mass is 512 g/mol. The molecule has 3 heterocycles. The molecule has 5 rings (SSSR count). The Morgan fingerprint density at radius 3 is 2.76 bits per heavy atom. The van der Waals surface area contributed by atoms with Crippen LogP contribution in [0.3, 0.4) is 0 Å². The summed E-state index contributed by atoms with van der Waals surface area (Å²) in [4.78, 5) is 21.1. The number of nitrogens with one attached hydrogen (secondary N) is 1. The van der Waals surface area contributed by atoms with Gasteiger partial charge in [-0.25, -0.2) is 14.5 Å². The SMILES string of the molecule is COc1ncc(-c2cc(C(F)(F)F)c3c(N)ncnn23)cc1C(=O)NC1CCC(c2cccc(O)c2)C1. The fraction of sp³-hybridized carbons (Fsp3) is 0.280. The number of fused-ring (bicyclic) bond motifs is 1. The number of pyridine rings is 1. The first-order valence-electron chi connectivity index (χ1n) is 11.5. The number of phenolic OH excluding ortho intramolecular Hbond substituents is 1. The van der Waals surface area contributed by atoms with Gasteiger partial charge in [0.25, 0.3) is 5.91 Å². The average molecular weight is 512 g/mol. The number of anilines is 1. The highest BCUT2D eigenvalue weighted by Gasteiger charge is 2.37. The van der Waals surface area contributed by atoms with Gasteiger partial charge in [0.15, 0.2) is 5.82 Å². The van der Waals surface area contributed by atoms with E-state index >= 15 is 0 Å². The molecule has 0 spiro atoms. The molecule has 0 bridgehead atoms. The van der Waals surface area contributed by atoms with Crippen molar-refractivity contribution < 1.29 is 27.8 Å². The molecule has 9 nitrogen and oxygen atoms in total. The number of rotatable bonds is 5. The number of carbonyl (C=O) groups is 1. The Labute approximate surface area is 209 Å². The van der Waals surface area contributed by atoms with Crippen molar-refractivity contribution in [2.24, 2.45) is 0 Å². The second kappa shape index (κ2) is 9.26. The molecule has 37 heavy (non-hydrogen) atoms. The molecule has 0 aliphatic heterocycles. The zero-order valence-electron chi connectivity index (χ0n) is 19.7. The van der Waals surface area contributed by atoms with E-state index in [-0.39, 0.29) is 51.7 Å². The van der Waals surface area contributed by atoms with Gasteiger partial charge in [-0.2, -0.15) is 18.3 Å². The summed E-state index contributed by atoms with van der Waals surface area (Å²) in [6, 6.07) is 9.25. The molecule has 1 aliphatic carbocycles. The first kappa shape index (κ1) is 24.3. The number of aromatic nitrogens is 4. The molecule has 0 saturated heterocycles. The molecule has 4 N–H and O–H groups in total. The second-order valence-corrected chi connectivity index (χ2v) is 8.90. The molecule has 0 radical (unpaired) electrons. The van der Waals surface area contributed by atoms with E-state index in [0.29, 0.717) is 6.42 Å². The highest BCUT2D eigenvalue weighted by Crippen LogP contribution is 2.39. The Hall–Kier alpha value is -4.35. The third-order valence-corrected chi connectivity index (χ3v) is 6.58. The molecule has 1 aromatic carbocycles. The number of ether oxygens (including phenoxy) is 1. The number of hydrogen-bond acceptors (Lipinski definition) is 7. The van der Waals surface area contributed by atoms with Crippen LogP contribution < -0.4 is 15.8 Å². The highest BCUT2D eigenvalue weighted by atomic mass is 19.4. The van der Waals surface area contributed by atoms with E-state index in [1.165, 1.54) is 19.4 Å². The quantitative estimate of drug-likeness (QED) is 0.366. The van der Waals surface area contributed by atoms with Gasteiger partial charge in [0, 0.05) is 17.8 Å². The van der Waals surface area contributed by atoms with Crippen LogP contribution in [0.2, 0.25) is 0 Å². The number of carbonyl (C=O) groups excluding carboxylic acids is 1. The Bertz CT molecular complexity index is 1490. The molecule has 1 fully saturated rings. The maximum atomic E-state index is 13.7. The molecule has 1 saturated carbocycles. The van der Waals surface area contributed by atoms with E-state index in [1.54, 1.807) is 18.2 Å². The zero-order chi connectivity index (χ0) is 26.3. The lowest BCUT2D eigenvalue weighted by molar-refractivity contribution is -0.136. The van der Waals surface area contributed by atoms with E-state index in [9.17, 15) is 23.1 Å². The van der Waals surface area contributed by atoms with Crippen molar-refractivity contribution in [1.29, 1.82) is 0 Å². The van der Waals surface area contributed by atoms with Gasteiger partial charge in [-0.15, -0.1) is 0 Å². The Kier molecular flexibility index (Phi) is 6.10. The van der Waals surface area contributed by atoms with Crippen molar-refractivity contribution in [2.45, 2.75) is 37.4 Å². The summed E-state index contributed by atoms with van der Waals surface area (Å²) in [6.45, 7) is 0. The predicted octanol–water partition coefficient (Wildman–Crippen LogP) is 4.17. The lowest BCUT2D eigenvalue weighted by Crippen LogP contribution is -2.33. The van der Waals surface area contributed by atoms with E-state index in [1.807, 2.05) is 6.07 Å². The van der Waals surface area contributed by atoms with Crippen LogP contribution in [0.1, 0.15) is 46.7 Å². The molecule has 3 aromatic heterocycles. The summed E-state index contributed by atoms with van der Waals surface area (Å²) in [5.41, 5.74) is 5.71. The van der Waals surface area contributed by atoms with Gasteiger partial charge in [0.05, 0.1) is 18.4 Å². The van der Waals surface area contributed by atoms with Crippen molar-refractivity contribution in [3.63, 3.8) is 0 Å². The van der Waals surface area contributed by atoms with Crippen LogP contribution in [0.5, 0.6) is 11.6 Å². The number of amides is 1. The standard InChI is InChI=1S/C25H23F3N6O3/c1-37-24-18(23(36)33-16-6-5-14(7-16)13-3-2-4-17(35)8-13)9-15(11-30-24)20-10-19(25(26,27)28)21-22(29)31-12-32-34(20)21/h2-4,8-12,14,16,35H,5-7H2,1H3,(H,33,36)(H2,29,31,32). The van der Waals surface area contributed by atoms with Crippen LogP contribution in [-0.4, -0.2) is 43.7 Å². The first-order valence-corrected chi connectivity index (χ1v) is 11.5. The summed E-state index contributed by atoms with van der Waals surface area (Å²) >= 11 is 0. The van der Waals surface area contributed by atoms with E-state index in [4.69, 9.17) is 10.5 Å². The summed E-state index contributed by atoms with van der Waals surface area (Å²) in [5, 5.41) is 16.7. The molecule has 192 valence electrons. The second-order valence-electron chi connectivity index (χ2n) is 8.90. The Morgan fingerprint density at radius 1 is 1.22 bits per heavy atom. The summed E-state index contributed by atoms with van der Waals surface area (Å²) in [5.74, 6) is -0.373. The van der Waals surface area contributed by atoms with Gasteiger partial charge in [0.2, 0.25) is 5.88 Å². The predicted molar refractivity (Wildman–Crippen MR) is 128 cm³/mol. The number of hydrogen-bond donors (Lipinski definition) is 3. The van der Waals surface area contributed by atoms with Crippen LogP contribution in [0.4, 0.5) is 19.0 Å². The molecule has 1 aliphatic rings. The fourth-order valence-electron chi connectivity index (χ4n) is 4.86. The minimum absolute atomic E-state index is 0.0369. The highest BCUT2D eigenvalue weighted by molar-refractivity contribution is 5.97. The number of nitrogen functional groups attached to an aromatic ring is 1. The van der Waals surface area contributed by atoms with Crippen molar-refractivity contribution in [2.75, 3.05) is 12.8 Å². The molecule has 12 heteroatoms. The Morgan fingerprint density at radius 2 is 2.03 bits per heavy atom. The van der Waals surface area contributed by atoms with Crippen LogP contribution >= 0.6 is 0 Å². The zero-order valence-corrected chi connectivity index (χ0v) is 19.7. The van der Waals surface area contributed by atoms with Gasteiger partial charge >= 0.3 is 6.18 Å². The molecule has 2 atom stereocenters. The maximum Gasteiger partial charge on any atom is 0.418 e.